The van der Waals surface area contributed by atoms with Crippen LogP contribution in [0.1, 0.15) is 194 Å². The number of allylic oxidation sites excluding steroid dienone is 4. The Labute approximate surface area is 334 Å². The van der Waals surface area contributed by atoms with E-state index in [1.807, 2.05) is 0 Å². The monoisotopic (exact) mass is 783 g/mol. The van der Waals surface area contributed by atoms with E-state index in [9.17, 15) is 30.0 Å². The molecule has 1 aliphatic heterocycles. The van der Waals surface area contributed by atoms with Crippen molar-refractivity contribution in [2.24, 2.45) is 0 Å². The molecule has 1 aliphatic rings. The third-order valence-corrected chi connectivity index (χ3v) is 10.3. The molecule has 1 heterocycles. The van der Waals surface area contributed by atoms with Crippen LogP contribution in [0.15, 0.2) is 24.3 Å². The van der Waals surface area contributed by atoms with Gasteiger partial charge in [-0.05, 0) is 64.2 Å². The number of unbranched alkanes of at least 4 members (excludes halogenated alkanes) is 22. The topological polar surface area (TPSA) is 152 Å². The Morgan fingerprint density at radius 3 is 1.42 bits per heavy atom. The second-order valence-corrected chi connectivity index (χ2v) is 15.5. The summed E-state index contributed by atoms with van der Waals surface area (Å²) in [5, 5.41) is 40.0. The zero-order chi connectivity index (χ0) is 40.2. The van der Waals surface area contributed by atoms with Crippen molar-refractivity contribution in [3.05, 3.63) is 24.3 Å². The van der Waals surface area contributed by atoms with Gasteiger partial charge in [0.1, 0.15) is 31.0 Å². The lowest BCUT2D eigenvalue weighted by molar-refractivity contribution is -0.305. The molecule has 1 saturated heterocycles. The number of aliphatic hydroxyl groups excluding tert-OH is 4. The molecule has 0 aliphatic carbocycles. The van der Waals surface area contributed by atoms with Gasteiger partial charge in [-0.3, -0.25) is 9.59 Å². The molecular formula is C45H82O10. The number of carbonyl (C=O) groups excluding carboxylic acids is 2. The van der Waals surface area contributed by atoms with Gasteiger partial charge in [0, 0.05) is 12.8 Å². The van der Waals surface area contributed by atoms with E-state index in [4.69, 9.17) is 18.9 Å². The number of hydrogen-bond acceptors (Lipinski definition) is 10. The largest absolute Gasteiger partial charge is 0.462 e. The van der Waals surface area contributed by atoms with Crippen molar-refractivity contribution in [1.29, 1.82) is 0 Å². The van der Waals surface area contributed by atoms with Gasteiger partial charge < -0.3 is 39.4 Å². The van der Waals surface area contributed by atoms with E-state index in [1.165, 1.54) is 89.9 Å². The standard InChI is InChI=1S/C45H82O10/c1-3-5-7-9-11-13-15-17-19-21-23-25-27-29-31-33-40(47)52-36-38(37-53-45-44(51)43(50)42(49)39(35-46)55-45)54-41(48)34-32-30-28-26-24-22-20-18-16-14-12-10-8-6-4-2/h17-20,38-39,42-46,49-51H,3-16,21-37H2,1-2H3/b19-17-,20-18-/t38-,39-,42+,43+,44-,45+/m1/s1. The highest BCUT2D eigenvalue weighted by Crippen LogP contribution is 2.22. The van der Waals surface area contributed by atoms with Crippen molar-refractivity contribution < 1.29 is 49.0 Å². The van der Waals surface area contributed by atoms with E-state index in [0.717, 1.165) is 64.2 Å². The summed E-state index contributed by atoms with van der Waals surface area (Å²) in [4.78, 5) is 25.3. The molecule has 0 aromatic carbocycles. The summed E-state index contributed by atoms with van der Waals surface area (Å²) in [5.41, 5.74) is 0. The van der Waals surface area contributed by atoms with E-state index in [-0.39, 0.29) is 32.0 Å². The van der Waals surface area contributed by atoms with Crippen LogP contribution in [-0.2, 0) is 28.5 Å². The Balaban J connectivity index is 2.34. The Kier molecular flexibility index (Phi) is 34.0. The normalized spacial score (nSPS) is 20.7. The summed E-state index contributed by atoms with van der Waals surface area (Å²) >= 11 is 0. The molecule has 1 rings (SSSR count). The molecule has 1 fully saturated rings. The van der Waals surface area contributed by atoms with Crippen molar-refractivity contribution in [1.82, 2.24) is 0 Å². The molecular weight excluding hydrogens is 700 g/mol. The van der Waals surface area contributed by atoms with Gasteiger partial charge in [-0.1, -0.05) is 141 Å². The summed E-state index contributed by atoms with van der Waals surface area (Å²) in [5.74, 6) is -0.822. The van der Waals surface area contributed by atoms with Crippen molar-refractivity contribution >= 4 is 11.9 Å². The minimum Gasteiger partial charge on any atom is -0.462 e. The Morgan fingerprint density at radius 1 is 0.545 bits per heavy atom. The summed E-state index contributed by atoms with van der Waals surface area (Å²) in [6.07, 6.45) is 31.8. The fourth-order valence-corrected chi connectivity index (χ4v) is 6.71. The molecule has 0 unspecified atom stereocenters. The maximum Gasteiger partial charge on any atom is 0.306 e. The van der Waals surface area contributed by atoms with Crippen LogP contribution < -0.4 is 0 Å². The van der Waals surface area contributed by atoms with Gasteiger partial charge >= 0.3 is 11.9 Å². The van der Waals surface area contributed by atoms with E-state index < -0.39 is 49.4 Å². The average molecular weight is 783 g/mol. The maximum atomic E-state index is 12.8. The Morgan fingerprint density at radius 2 is 0.964 bits per heavy atom. The number of carbonyl (C=O) groups is 2. The van der Waals surface area contributed by atoms with E-state index in [2.05, 4.69) is 38.2 Å². The summed E-state index contributed by atoms with van der Waals surface area (Å²) in [6, 6.07) is 0. The van der Waals surface area contributed by atoms with Gasteiger partial charge in [-0.15, -0.1) is 0 Å². The summed E-state index contributed by atoms with van der Waals surface area (Å²) in [7, 11) is 0. The molecule has 0 aromatic rings. The quantitative estimate of drug-likeness (QED) is 0.0273. The van der Waals surface area contributed by atoms with Crippen molar-refractivity contribution in [2.75, 3.05) is 19.8 Å². The van der Waals surface area contributed by atoms with E-state index in [1.54, 1.807) is 0 Å². The zero-order valence-corrected chi connectivity index (χ0v) is 34.9. The fraction of sp³-hybridized carbons (Fsp3) is 0.867. The average Bonchev–Trinajstić information content (AvgIpc) is 3.18. The first-order chi connectivity index (χ1) is 26.8. The SMILES string of the molecule is CCCCCCCC/C=C\CCCCCCCC(=O)OC[C@H](CO[C@H]1O[C@H](CO)[C@H](O)[C@H](O)[C@H]1O)OC(=O)CCCCCCC/C=C\CCCCCCCC. The molecule has 10 heteroatoms. The minimum atomic E-state index is -1.60. The molecule has 55 heavy (non-hydrogen) atoms. The molecule has 322 valence electrons. The van der Waals surface area contributed by atoms with Gasteiger partial charge in [-0.25, -0.2) is 0 Å². The Hall–Kier alpha value is -1.82. The predicted molar refractivity (Wildman–Crippen MR) is 219 cm³/mol. The third kappa shape index (κ3) is 28.3. The van der Waals surface area contributed by atoms with Crippen LogP contribution in [0.5, 0.6) is 0 Å². The lowest BCUT2D eigenvalue weighted by atomic mass is 9.99. The predicted octanol–water partition coefficient (Wildman–Crippen LogP) is 9.33. The van der Waals surface area contributed by atoms with Crippen LogP contribution in [0.25, 0.3) is 0 Å². The number of rotatable bonds is 37. The van der Waals surface area contributed by atoms with E-state index in [0.29, 0.717) is 12.8 Å². The molecule has 0 aromatic heterocycles. The van der Waals surface area contributed by atoms with Crippen molar-refractivity contribution in [2.45, 2.75) is 230 Å². The number of ether oxygens (including phenoxy) is 4. The van der Waals surface area contributed by atoms with Crippen LogP contribution in [0.4, 0.5) is 0 Å². The summed E-state index contributed by atoms with van der Waals surface area (Å²) in [6.45, 7) is 3.40. The molecule has 6 atom stereocenters. The molecule has 0 radical (unpaired) electrons. The summed E-state index contributed by atoms with van der Waals surface area (Å²) < 4.78 is 22.1. The molecule has 4 N–H and O–H groups in total. The number of hydrogen-bond donors (Lipinski definition) is 4. The molecule has 10 nitrogen and oxygen atoms in total. The van der Waals surface area contributed by atoms with Gasteiger partial charge in [0.15, 0.2) is 12.4 Å². The lowest BCUT2D eigenvalue weighted by Crippen LogP contribution is -2.59. The Bertz CT molecular complexity index is 954. The van der Waals surface area contributed by atoms with Crippen molar-refractivity contribution in [3.63, 3.8) is 0 Å². The van der Waals surface area contributed by atoms with Crippen LogP contribution in [0.2, 0.25) is 0 Å². The first-order valence-electron chi connectivity index (χ1n) is 22.4. The van der Waals surface area contributed by atoms with Gasteiger partial charge in [-0.2, -0.15) is 0 Å². The van der Waals surface area contributed by atoms with Crippen LogP contribution in [-0.4, -0.2) is 89.0 Å². The highest BCUT2D eigenvalue weighted by atomic mass is 16.7. The highest BCUT2D eigenvalue weighted by molar-refractivity contribution is 5.70. The minimum absolute atomic E-state index is 0.220. The van der Waals surface area contributed by atoms with Crippen LogP contribution >= 0.6 is 0 Å². The van der Waals surface area contributed by atoms with Crippen molar-refractivity contribution in [3.8, 4) is 0 Å². The van der Waals surface area contributed by atoms with Crippen LogP contribution in [0.3, 0.4) is 0 Å². The maximum absolute atomic E-state index is 12.8. The lowest BCUT2D eigenvalue weighted by Gasteiger charge is -2.39. The van der Waals surface area contributed by atoms with Crippen LogP contribution in [0, 0.1) is 0 Å². The zero-order valence-electron chi connectivity index (χ0n) is 34.9. The molecule has 0 spiro atoms. The molecule has 0 bridgehead atoms. The molecule has 0 saturated carbocycles. The van der Waals surface area contributed by atoms with Gasteiger partial charge in [0.2, 0.25) is 0 Å². The van der Waals surface area contributed by atoms with E-state index >= 15 is 0 Å². The second kappa shape index (κ2) is 36.5. The highest BCUT2D eigenvalue weighted by Gasteiger charge is 2.44. The van der Waals surface area contributed by atoms with Gasteiger partial charge in [0.05, 0.1) is 13.2 Å². The molecule has 0 amide bonds. The number of esters is 2. The van der Waals surface area contributed by atoms with Gasteiger partial charge in [0.25, 0.3) is 0 Å². The fourth-order valence-electron chi connectivity index (χ4n) is 6.71. The third-order valence-electron chi connectivity index (χ3n) is 10.3. The second-order valence-electron chi connectivity index (χ2n) is 15.5. The first-order valence-corrected chi connectivity index (χ1v) is 22.4. The smallest absolute Gasteiger partial charge is 0.306 e. The number of aliphatic hydroxyl groups is 4. The first kappa shape index (κ1) is 51.2.